The number of halogens is 3. The third kappa shape index (κ3) is 4.28. The van der Waals surface area contributed by atoms with Gasteiger partial charge in [0.15, 0.2) is 0 Å². The number of nitrogens with one attached hydrogen (secondary N) is 1. The highest BCUT2D eigenvalue weighted by Gasteiger charge is 2.51. The predicted octanol–water partition coefficient (Wildman–Crippen LogP) is 3.94. The first-order chi connectivity index (χ1) is 14.7. The van der Waals surface area contributed by atoms with Crippen LogP contribution in [0.4, 0.5) is 19.0 Å². The van der Waals surface area contributed by atoms with E-state index in [1.807, 2.05) is 0 Å². The second-order valence-corrected chi connectivity index (χ2v) is 11.2. The maximum atomic E-state index is 12.8. The molecule has 0 aliphatic carbocycles. The summed E-state index contributed by atoms with van der Waals surface area (Å²) in [5, 5.41) is 4.18. The van der Waals surface area contributed by atoms with E-state index in [0.717, 1.165) is 74.1 Å². The van der Waals surface area contributed by atoms with Crippen molar-refractivity contribution in [1.82, 2.24) is 20.2 Å². The first kappa shape index (κ1) is 21.4. The van der Waals surface area contributed by atoms with Crippen LogP contribution in [0.1, 0.15) is 31.6 Å². The number of fused-ring (bicyclic) bond motifs is 1. The molecule has 3 saturated heterocycles. The van der Waals surface area contributed by atoms with Crippen LogP contribution in [0, 0.1) is 17.3 Å². The molecule has 0 saturated carbocycles. The van der Waals surface area contributed by atoms with Gasteiger partial charge >= 0.3 is 6.18 Å². The molecule has 1 N–H and O–H groups in total. The van der Waals surface area contributed by atoms with Crippen LogP contribution in [-0.4, -0.2) is 66.4 Å². The molecule has 170 valence electrons. The Hall–Kier alpha value is -1.45. The van der Waals surface area contributed by atoms with Gasteiger partial charge in [-0.3, -0.25) is 4.90 Å². The Morgan fingerprint density at radius 1 is 1.23 bits per heavy atom. The summed E-state index contributed by atoms with van der Waals surface area (Å²) in [7, 11) is 0. The lowest BCUT2D eigenvalue weighted by atomic mass is 9.75. The topological polar surface area (TPSA) is 44.3 Å². The highest BCUT2D eigenvalue weighted by molar-refractivity contribution is 7.18. The Balaban J connectivity index is 1.28. The van der Waals surface area contributed by atoms with Crippen molar-refractivity contribution in [3.63, 3.8) is 0 Å². The summed E-state index contributed by atoms with van der Waals surface area (Å²) >= 11 is 1.13. The van der Waals surface area contributed by atoms with Crippen molar-refractivity contribution in [2.45, 2.75) is 45.3 Å². The summed E-state index contributed by atoms with van der Waals surface area (Å²) in [4.78, 5) is 14.6. The molecular formula is C22H30F3N5S. The normalized spacial score (nSPS) is 23.0. The molecule has 5 nitrogen and oxygen atoms in total. The van der Waals surface area contributed by atoms with Gasteiger partial charge in [-0.2, -0.15) is 13.2 Å². The Morgan fingerprint density at radius 2 is 2.00 bits per heavy atom. The highest BCUT2D eigenvalue weighted by Crippen LogP contribution is 2.45. The van der Waals surface area contributed by atoms with E-state index in [-0.39, 0.29) is 5.41 Å². The van der Waals surface area contributed by atoms with Crippen LogP contribution in [0.15, 0.2) is 12.4 Å². The number of rotatable bonds is 6. The van der Waals surface area contributed by atoms with E-state index in [1.165, 1.54) is 12.7 Å². The van der Waals surface area contributed by atoms with Crippen molar-refractivity contribution in [3.8, 4) is 0 Å². The minimum Gasteiger partial charge on any atom is -0.355 e. The minimum absolute atomic E-state index is 0.286. The SMILES string of the molecule is CC(C)C[C@H](C1CNC1)N1CC2(CCN(c3ncnc4sc(CC(F)(F)F)cc34)C2)C1. The minimum atomic E-state index is -4.20. The molecule has 1 atom stereocenters. The molecule has 3 aliphatic heterocycles. The predicted molar refractivity (Wildman–Crippen MR) is 118 cm³/mol. The van der Waals surface area contributed by atoms with Crippen molar-refractivity contribution in [2.24, 2.45) is 17.3 Å². The lowest BCUT2D eigenvalue weighted by Gasteiger charge is -2.55. The van der Waals surface area contributed by atoms with Gasteiger partial charge < -0.3 is 10.2 Å². The van der Waals surface area contributed by atoms with Crippen LogP contribution in [0.5, 0.6) is 0 Å². The third-order valence-corrected chi connectivity index (χ3v) is 8.13. The lowest BCUT2D eigenvalue weighted by molar-refractivity contribution is -0.126. The van der Waals surface area contributed by atoms with E-state index in [2.05, 4.69) is 38.9 Å². The van der Waals surface area contributed by atoms with Crippen molar-refractivity contribution in [2.75, 3.05) is 44.2 Å². The van der Waals surface area contributed by atoms with Crippen LogP contribution < -0.4 is 10.2 Å². The molecule has 3 fully saturated rings. The summed E-state index contributed by atoms with van der Waals surface area (Å²) in [6, 6.07) is 2.30. The Kier molecular flexibility index (Phi) is 5.42. The molecule has 31 heavy (non-hydrogen) atoms. The van der Waals surface area contributed by atoms with Gasteiger partial charge in [0.25, 0.3) is 0 Å². The van der Waals surface area contributed by atoms with Gasteiger partial charge in [-0.05, 0) is 30.7 Å². The fourth-order valence-electron chi connectivity index (χ4n) is 5.56. The summed E-state index contributed by atoms with van der Waals surface area (Å²) in [5.74, 6) is 2.25. The number of anilines is 1. The molecule has 0 unspecified atom stereocenters. The molecule has 3 aliphatic rings. The van der Waals surface area contributed by atoms with Gasteiger partial charge in [-0.15, -0.1) is 11.3 Å². The van der Waals surface area contributed by atoms with E-state index in [1.54, 1.807) is 6.07 Å². The largest absolute Gasteiger partial charge is 0.393 e. The second kappa shape index (κ2) is 7.85. The summed E-state index contributed by atoms with van der Waals surface area (Å²) in [5.41, 5.74) is 0.286. The molecule has 1 spiro atoms. The fraction of sp³-hybridized carbons (Fsp3) is 0.727. The molecule has 2 aromatic heterocycles. The number of alkyl halides is 3. The number of likely N-dealkylation sites (tertiary alicyclic amines) is 1. The van der Waals surface area contributed by atoms with Crippen LogP contribution in [0.2, 0.25) is 0 Å². The summed E-state index contributed by atoms with van der Waals surface area (Å²) < 4.78 is 38.5. The molecule has 5 heterocycles. The number of nitrogens with zero attached hydrogens (tertiary/aromatic N) is 4. The van der Waals surface area contributed by atoms with Gasteiger partial charge in [0.05, 0.1) is 11.8 Å². The molecule has 2 aromatic rings. The van der Waals surface area contributed by atoms with E-state index < -0.39 is 12.6 Å². The van der Waals surface area contributed by atoms with Gasteiger partial charge in [0, 0.05) is 55.6 Å². The zero-order valence-electron chi connectivity index (χ0n) is 18.1. The maximum Gasteiger partial charge on any atom is 0.393 e. The van der Waals surface area contributed by atoms with Gasteiger partial charge in [-0.1, -0.05) is 13.8 Å². The molecule has 0 bridgehead atoms. The van der Waals surface area contributed by atoms with Crippen LogP contribution >= 0.6 is 11.3 Å². The van der Waals surface area contributed by atoms with Crippen molar-refractivity contribution in [1.29, 1.82) is 0 Å². The summed E-state index contributed by atoms with van der Waals surface area (Å²) in [6.07, 6.45) is -1.25. The zero-order chi connectivity index (χ0) is 21.8. The van der Waals surface area contributed by atoms with E-state index in [9.17, 15) is 13.2 Å². The number of hydrogen-bond donors (Lipinski definition) is 1. The van der Waals surface area contributed by atoms with Gasteiger partial charge in [0.1, 0.15) is 17.0 Å². The standard InChI is InChI=1S/C22H30F3N5S/c1-14(2)5-18(15-8-26-9-15)30-11-21(12-30)3-4-29(10-21)19-17-6-16(7-22(23,24)25)31-20(17)28-13-27-19/h6,13-15,18,26H,3-5,7-12H2,1-2H3/t18-/m1/s1. The van der Waals surface area contributed by atoms with E-state index in [0.29, 0.717) is 21.7 Å². The molecular weight excluding hydrogens is 423 g/mol. The van der Waals surface area contributed by atoms with Gasteiger partial charge in [-0.25, -0.2) is 9.97 Å². The quantitative estimate of drug-likeness (QED) is 0.718. The fourth-order valence-corrected chi connectivity index (χ4v) is 6.58. The molecule has 0 amide bonds. The van der Waals surface area contributed by atoms with Crippen molar-refractivity contribution < 1.29 is 13.2 Å². The second-order valence-electron chi connectivity index (χ2n) is 10.1. The van der Waals surface area contributed by atoms with E-state index >= 15 is 0 Å². The molecule has 0 radical (unpaired) electrons. The first-order valence-electron chi connectivity index (χ1n) is 11.2. The Morgan fingerprint density at radius 3 is 2.65 bits per heavy atom. The lowest BCUT2D eigenvalue weighted by Crippen LogP contribution is -2.65. The van der Waals surface area contributed by atoms with Crippen LogP contribution in [0.25, 0.3) is 10.2 Å². The average Bonchev–Trinajstić information content (AvgIpc) is 3.19. The molecule has 9 heteroatoms. The maximum absolute atomic E-state index is 12.8. The number of hydrogen-bond acceptors (Lipinski definition) is 6. The number of aromatic nitrogens is 2. The average molecular weight is 454 g/mol. The highest BCUT2D eigenvalue weighted by atomic mass is 32.1. The molecule has 0 aromatic carbocycles. The molecule has 5 rings (SSSR count). The van der Waals surface area contributed by atoms with Gasteiger partial charge in [0.2, 0.25) is 0 Å². The number of thiophene rings is 1. The monoisotopic (exact) mass is 453 g/mol. The summed E-state index contributed by atoms with van der Waals surface area (Å²) in [6.45, 7) is 10.9. The zero-order valence-corrected chi connectivity index (χ0v) is 18.9. The first-order valence-corrected chi connectivity index (χ1v) is 12.0. The van der Waals surface area contributed by atoms with Crippen molar-refractivity contribution in [3.05, 3.63) is 17.3 Å². The van der Waals surface area contributed by atoms with E-state index in [4.69, 9.17) is 0 Å². The van der Waals surface area contributed by atoms with Crippen LogP contribution in [-0.2, 0) is 6.42 Å². The third-order valence-electron chi connectivity index (χ3n) is 7.09. The van der Waals surface area contributed by atoms with Crippen LogP contribution in [0.3, 0.4) is 0 Å². The van der Waals surface area contributed by atoms with Crippen molar-refractivity contribution >= 4 is 27.4 Å². The Bertz CT molecular complexity index is 933. The Labute approximate surface area is 185 Å². The smallest absolute Gasteiger partial charge is 0.355 e.